The number of nitrogens with two attached hydrogens (primary N) is 2. The summed E-state index contributed by atoms with van der Waals surface area (Å²) in [6, 6.07) is 8.44. The van der Waals surface area contributed by atoms with Crippen molar-refractivity contribution >= 4 is 58.6 Å². The molecule has 0 aromatic heterocycles. The van der Waals surface area contributed by atoms with Crippen LogP contribution in [0.2, 0.25) is 20.1 Å². The van der Waals surface area contributed by atoms with E-state index in [2.05, 4.69) is 10.2 Å². The van der Waals surface area contributed by atoms with Gasteiger partial charge < -0.3 is 16.2 Å². The third-order valence-electron chi connectivity index (χ3n) is 2.81. The molecule has 0 aliphatic heterocycles. The Morgan fingerprint density at radius 2 is 1.83 bits per heavy atom. The number of nitrogens with zero attached hydrogens (tertiary/aromatic N) is 2. The van der Waals surface area contributed by atoms with E-state index in [1.807, 2.05) is 0 Å². The van der Waals surface area contributed by atoms with Crippen molar-refractivity contribution in [2.75, 3.05) is 0 Å². The molecular formula is C15H12Cl4N4O. The average Bonchev–Trinajstić information content (AvgIpc) is 2.51. The second-order valence-corrected chi connectivity index (χ2v) is 6.18. The molecule has 0 bridgehead atoms. The molecule has 0 amide bonds. The predicted molar refractivity (Wildman–Crippen MR) is 101 cm³/mol. The Labute approximate surface area is 158 Å². The zero-order chi connectivity index (χ0) is 17.7. The van der Waals surface area contributed by atoms with E-state index in [-0.39, 0.29) is 12.6 Å². The van der Waals surface area contributed by atoms with Crippen LogP contribution in [0.25, 0.3) is 0 Å². The van der Waals surface area contributed by atoms with Crippen molar-refractivity contribution in [3.05, 3.63) is 61.5 Å². The highest BCUT2D eigenvalue weighted by Crippen LogP contribution is 2.32. The van der Waals surface area contributed by atoms with Gasteiger partial charge in [0.15, 0.2) is 0 Å². The monoisotopic (exact) mass is 404 g/mol. The molecule has 2 aromatic carbocycles. The second-order valence-electron chi connectivity index (χ2n) is 4.58. The molecule has 24 heavy (non-hydrogen) atoms. The van der Waals surface area contributed by atoms with Crippen molar-refractivity contribution in [1.29, 1.82) is 0 Å². The van der Waals surface area contributed by atoms with Gasteiger partial charge in [0.2, 0.25) is 5.96 Å². The molecule has 126 valence electrons. The molecule has 2 rings (SSSR count). The Morgan fingerprint density at radius 3 is 2.54 bits per heavy atom. The van der Waals surface area contributed by atoms with Crippen molar-refractivity contribution in [2.24, 2.45) is 21.7 Å². The van der Waals surface area contributed by atoms with E-state index in [1.54, 1.807) is 30.3 Å². The number of hydrogen-bond donors (Lipinski definition) is 2. The van der Waals surface area contributed by atoms with Crippen LogP contribution in [-0.2, 0) is 6.61 Å². The topological polar surface area (TPSA) is 86.0 Å². The fourth-order valence-corrected chi connectivity index (χ4v) is 2.70. The number of ether oxygens (including phenoxy) is 1. The highest BCUT2D eigenvalue weighted by molar-refractivity contribution is 6.43. The lowest BCUT2D eigenvalue weighted by Gasteiger charge is -2.11. The van der Waals surface area contributed by atoms with Gasteiger partial charge in [0.25, 0.3) is 0 Å². The van der Waals surface area contributed by atoms with Gasteiger partial charge >= 0.3 is 0 Å². The third kappa shape index (κ3) is 4.92. The minimum Gasteiger partial charge on any atom is -0.487 e. The molecule has 5 nitrogen and oxygen atoms in total. The summed E-state index contributed by atoms with van der Waals surface area (Å²) in [5.74, 6) is 0.291. The SMILES string of the molecule is NC(N)=NN=Cc1cccc(OCc2cc(Cl)cc(Cl)c2Cl)c1Cl. The molecule has 0 radical (unpaired) electrons. The van der Waals surface area contributed by atoms with Crippen LogP contribution >= 0.6 is 46.4 Å². The van der Waals surface area contributed by atoms with E-state index in [9.17, 15) is 0 Å². The smallest absolute Gasteiger partial charge is 0.211 e. The first-order chi connectivity index (χ1) is 11.4. The van der Waals surface area contributed by atoms with Crippen molar-refractivity contribution in [1.82, 2.24) is 0 Å². The minimum absolute atomic E-state index is 0.146. The number of rotatable bonds is 5. The van der Waals surface area contributed by atoms with Gasteiger partial charge in [-0.1, -0.05) is 58.5 Å². The zero-order valence-electron chi connectivity index (χ0n) is 12.1. The van der Waals surface area contributed by atoms with Gasteiger partial charge in [-0.2, -0.15) is 5.10 Å². The Bertz CT molecular complexity index is 804. The third-order valence-corrected chi connectivity index (χ3v) is 4.28. The number of halogens is 4. The summed E-state index contributed by atoms with van der Waals surface area (Å²) in [5.41, 5.74) is 11.6. The van der Waals surface area contributed by atoms with Crippen molar-refractivity contribution in [3.8, 4) is 5.75 Å². The Kier molecular flexibility index (Phi) is 6.57. The van der Waals surface area contributed by atoms with E-state index in [1.165, 1.54) is 6.21 Å². The maximum absolute atomic E-state index is 6.28. The summed E-state index contributed by atoms with van der Waals surface area (Å²) >= 11 is 24.4. The van der Waals surface area contributed by atoms with E-state index < -0.39 is 0 Å². The van der Waals surface area contributed by atoms with E-state index >= 15 is 0 Å². The lowest BCUT2D eigenvalue weighted by Crippen LogP contribution is -2.21. The summed E-state index contributed by atoms with van der Waals surface area (Å²) in [4.78, 5) is 0. The molecule has 0 heterocycles. The Morgan fingerprint density at radius 1 is 1.08 bits per heavy atom. The maximum atomic E-state index is 6.28. The van der Waals surface area contributed by atoms with Gasteiger partial charge in [0.1, 0.15) is 12.4 Å². The molecule has 4 N–H and O–H groups in total. The first-order valence-corrected chi connectivity index (χ1v) is 8.06. The largest absolute Gasteiger partial charge is 0.487 e. The van der Waals surface area contributed by atoms with Crippen molar-refractivity contribution in [2.45, 2.75) is 6.61 Å². The van der Waals surface area contributed by atoms with E-state index in [4.69, 9.17) is 62.6 Å². The molecule has 0 spiro atoms. The standard InChI is InChI=1S/C15H12Cl4N4O/c16-10-4-9(13(18)11(17)5-10)7-24-12-3-1-2-8(14(12)19)6-22-23-15(20)21/h1-6H,7H2,(H4,20,21,23). The van der Waals surface area contributed by atoms with Crippen LogP contribution in [0.3, 0.4) is 0 Å². The molecule has 0 aliphatic rings. The highest BCUT2D eigenvalue weighted by atomic mass is 35.5. The van der Waals surface area contributed by atoms with E-state index in [0.29, 0.717) is 37.0 Å². The van der Waals surface area contributed by atoms with Crippen LogP contribution < -0.4 is 16.2 Å². The van der Waals surface area contributed by atoms with Gasteiger partial charge in [-0.3, -0.25) is 0 Å². The molecule has 0 unspecified atom stereocenters. The predicted octanol–water partition coefficient (Wildman–Crippen LogP) is 4.49. The summed E-state index contributed by atoms with van der Waals surface area (Å²) in [7, 11) is 0. The molecule has 9 heteroatoms. The fraction of sp³-hybridized carbons (Fsp3) is 0.0667. The lowest BCUT2D eigenvalue weighted by molar-refractivity contribution is 0.306. The molecule has 0 saturated heterocycles. The van der Waals surface area contributed by atoms with Crippen LogP contribution in [0.15, 0.2) is 40.5 Å². The summed E-state index contributed by atoms with van der Waals surface area (Å²) in [6.07, 6.45) is 1.41. The summed E-state index contributed by atoms with van der Waals surface area (Å²) in [5, 5.41) is 8.78. The number of hydrogen-bond acceptors (Lipinski definition) is 3. The Balaban J connectivity index is 2.19. The zero-order valence-corrected chi connectivity index (χ0v) is 15.2. The van der Waals surface area contributed by atoms with Gasteiger partial charge in [0, 0.05) is 16.1 Å². The molecule has 0 fully saturated rings. The van der Waals surface area contributed by atoms with Crippen molar-refractivity contribution in [3.63, 3.8) is 0 Å². The molecule has 2 aromatic rings. The van der Waals surface area contributed by atoms with Crippen LogP contribution in [-0.4, -0.2) is 12.2 Å². The van der Waals surface area contributed by atoms with Crippen LogP contribution in [0.5, 0.6) is 5.75 Å². The van der Waals surface area contributed by atoms with Crippen LogP contribution in [0.1, 0.15) is 11.1 Å². The quantitative estimate of drug-likeness (QED) is 0.332. The average molecular weight is 406 g/mol. The molecule has 0 aliphatic carbocycles. The van der Waals surface area contributed by atoms with Crippen molar-refractivity contribution < 1.29 is 4.74 Å². The lowest BCUT2D eigenvalue weighted by atomic mass is 10.2. The normalized spacial score (nSPS) is 10.8. The number of benzene rings is 2. The van der Waals surface area contributed by atoms with Crippen LogP contribution in [0, 0.1) is 0 Å². The van der Waals surface area contributed by atoms with Gasteiger partial charge in [-0.25, -0.2) is 0 Å². The highest BCUT2D eigenvalue weighted by Gasteiger charge is 2.10. The van der Waals surface area contributed by atoms with Gasteiger partial charge in [-0.15, -0.1) is 5.10 Å². The summed E-state index contributed by atoms with van der Waals surface area (Å²) in [6.45, 7) is 0.146. The fourth-order valence-electron chi connectivity index (χ4n) is 1.77. The first-order valence-electron chi connectivity index (χ1n) is 6.55. The minimum atomic E-state index is -0.151. The van der Waals surface area contributed by atoms with Crippen LogP contribution in [0.4, 0.5) is 0 Å². The molecule has 0 atom stereocenters. The number of guanidine groups is 1. The molecular weight excluding hydrogens is 394 g/mol. The van der Waals surface area contributed by atoms with Gasteiger partial charge in [-0.05, 0) is 18.2 Å². The van der Waals surface area contributed by atoms with E-state index in [0.717, 1.165) is 0 Å². The Hall–Kier alpha value is -1.66. The van der Waals surface area contributed by atoms with Gasteiger partial charge in [0.05, 0.1) is 21.3 Å². The maximum Gasteiger partial charge on any atom is 0.211 e. The summed E-state index contributed by atoms with van der Waals surface area (Å²) < 4.78 is 5.70. The first kappa shape index (κ1) is 18.7. The molecule has 0 saturated carbocycles. The second kappa shape index (κ2) is 8.44.